The summed E-state index contributed by atoms with van der Waals surface area (Å²) < 4.78 is 0. The van der Waals surface area contributed by atoms with Crippen LogP contribution in [0.4, 0.5) is 5.82 Å². The van der Waals surface area contributed by atoms with Crippen molar-refractivity contribution >= 4 is 5.82 Å². The minimum atomic E-state index is 0.648. The molecule has 1 aliphatic heterocycles. The molecule has 0 amide bonds. The van der Waals surface area contributed by atoms with E-state index in [0.717, 1.165) is 37.6 Å². The summed E-state index contributed by atoms with van der Waals surface area (Å²) in [6.07, 6.45) is 2.68. The third kappa shape index (κ3) is 2.15. The number of nitrogens with two attached hydrogens (primary N) is 1. The Balaban J connectivity index is 2.29. The number of fused-ring (bicyclic) bond motifs is 1. The van der Waals surface area contributed by atoms with Crippen molar-refractivity contribution in [2.24, 2.45) is 5.73 Å². The van der Waals surface area contributed by atoms with Crippen LogP contribution in [0.5, 0.6) is 0 Å². The van der Waals surface area contributed by atoms with Gasteiger partial charge in [-0.3, -0.25) is 0 Å². The van der Waals surface area contributed by atoms with Gasteiger partial charge in [-0.05, 0) is 13.5 Å². The van der Waals surface area contributed by atoms with Crippen LogP contribution in [0.2, 0.25) is 0 Å². The fourth-order valence-corrected chi connectivity index (χ4v) is 2.10. The van der Waals surface area contributed by atoms with Gasteiger partial charge in [-0.1, -0.05) is 0 Å². The highest BCUT2D eigenvalue weighted by Crippen LogP contribution is 2.23. The smallest absolute Gasteiger partial charge is 0.135 e. The van der Waals surface area contributed by atoms with Gasteiger partial charge in [0.25, 0.3) is 0 Å². The first-order valence-electron chi connectivity index (χ1n) is 5.65. The molecule has 1 aromatic rings. The van der Waals surface area contributed by atoms with E-state index >= 15 is 0 Å². The first-order valence-corrected chi connectivity index (χ1v) is 5.65. The minimum Gasteiger partial charge on any atom is -0.358 e. The van der Waals surface area contributed by atoms with E-state index in [2.05, 4.69) is 26.8 Å². The highest BCUT2D eigenvalue weighted by Gasteiger charge is 2.19. The van der Waals surface area contributed by atoms with E-state index in [0.29, 0.717) is 6.54 Å². The Kier molecular flexibility index (Phi) is 3.36. The monoisotopic (exact) mass is 221 g/mol. The van der Waals surface area contributed by atoms with Crippen LogP contribution in [0, 0.1) is 0 Å². The lowest BCUT2D eigenvalue weighted by Gasteiger charge is -2.28. The van der Waals surface area contributed by atoms with Crippen LogP contribution in [-0.4, -0.2) is 48.6 Å². The van der Waals surface area contributed by atoms with Gasteiger partial charge in [0.15, 0.2) is 0 Å². The standard InChI is InChI=1S/C11H19N5/c1-15-5-3-9-10(7-15)13-8-14-11(9)16(2)6-4-12/h8H,3-7,12H2,1-2H3. The fourth-order valence-electron chi connectivity index (χ4n) is 2.10. The first-order chi connectivity index (χ1) is 7.72. The van der Waals surface area contributed by atoms with Crippen molar-refractivity contribution in [1.82, 2.24) is 14.9 Å². The maximum atomic E-state index is 5.57. The van der Waals surface area contributed by atoms with Crippen molar-refractivity contribution in [3.8, 4) is 0 Å². The number of rotatable bonds is 3. The molecule has 0 saturated carbocycles. The predicted molar refractivity (Wildman–Crippen MR) is 64.4 cm³/mol. The maximum absolute atomic E-state index is 5.57. The van der Waals surface area contributed by atoms with Crippen LogP contribution >= 0.6 is 0 Å². The number of aromatic nitrogens is 2. The lowest BCUT2D eigenvalue weighted by atomic mass is 10.1. The molecule has 0 atom stereocenters. The summed E-state index contributed by atoms with van der Waals surface area (Å²) in [7, 11) is 4.15. The Morgan fingerprint density at radius 2 is 2.31 bits per heavy atom. The van der Waals surface area contributed by atoms with Gasteiger partial charge in [0.05, 0.1) is 5.69 Å². The summed E-state index contributed by atoms with van der Waals surface area (Å²) in [4.78, 5) is 13.1. The molecule has 16 heavy (non-hydrogen) atoms. The number of nitrogens with zero attached hydrogens (tertiary/aromatic N) is 4. The van der Waals surface area contributed by atoms with Crippen molar-refractivity contribution < 1.29 is 0 Å². The van der Waals surface area contributed by atoms with E-state index < -0.39 is 0 Å². The topological polar surface area (TPSA) is 58.3 Å². The lowest BCUT2D eigenvalue weighted by Crippen LogP contribution is -2.32. The van der Waals surface area contributed by atoms with Gasteiger partial charge < -0.3 is 15.5 Å². The number of hydrogen-bond acceptors (Lipinski definition) is 5. The molecule has 1 aliphatic rings. The van der Waals surface area contributed by atoms with Gasteiger partial charge in [-0.25, -0.2) is 9.97 Å². The Labute approximate surface area is 96.3 Å². The molecule has 0 aliphatic carbocycles. The van der Waals surface area contributed by atoms with E-state index in [1.807, 2.05) is 7.05 Å². The second-order valence-corrected chi connectivity index (χ2v) is 4.32. The molecular weight excluding hydrogens is 202 g/mol. The molecule has 2 rings (SSSR count). The van der Waals surface area contributed by atoms with Crippen molar-refractivity contribution in [2.75, 3.05) is 38.6 Å². The van der Waals surface area contributed by atoms with Gasteiger partial charge in [0.1, 0.15) is 12.1 Å². The zero-order chi connectivity index (χ0) is 11.5. The van der Waals surface area contributed by atoms with Gasteiger partial charge in [-0.15, -0.1) is 0 Å². The Hall–Kier alpha value is -1.20. The van der Waals surface area contributed by atoms with E-state index in [9.17, 15) is 0 Å². The van der Waals surface area contributed by atoms with Crippen LogP contribution in [0.3, 0.4) is 0 Å². The van der Waals surface area contributed by atoms with Crippen LogP contribution in [0.1, 0.15) is 11.3 Å². The summed E-state index contributed by atoms with van der Waals surface area (Å²) in [5.41, 5.74) is 8.02. The van der Waals surface area contributed by atoms with Crippen LogP contribution in [-0.2, 0) is 13.0 Å². The number of likely N-dealkylation sites (N-methyl/N-ethyl adjacent to an activating group) is 2. The Morgan fingerprint density at radius 3 is 3.06 bits per heavy atom. The zero-order valence-corrected chi connectivity index (χ0v) is 9.98. The highest BCUT2D eigenvalue weighted by atomic mass is 15.2. The van der Waals surface area contributed by atoms with Gasteiger partial charge in [0.2, 0.25) is 0 Å². The molecule has 0 bridgehead atoms. The maximum Gasteiger partial charge on any atom is 0.135 e. The van der Waals surface area contributed by atoms with Crippen LogP contribution in [0.15, 0.2) is 6.33 Å². The third-order valence-corrected chi connectivity index (χ3v) is 3.00. The predicted octanol–water partition coefficient (Wildman–Crippen LogP) is -0.141. The van der Waals surface area contributed by atoms with Crippen molar-refractivity contribution in [1.29, 1.82) is 0 Å². The summed E-state index contributed by atoms with van der Waals surface area (Å²) >= 11 is 0. The minimum absolute atomic E-state index is 0.648. The molecule has 0 spiro atoms. The Morgan fingerprint density at radius 1 is 1.50 bits per heavy atom. The molecule has 2 heterocycles. The highest BCUT2D eigenvalue weighted by molar-refractivity contribution is 5.48. The molecule has 5 nitrogen and oxygen atoms in total. The third-order valence-electron chi connectivity index (χ3n) is 3.00. The van der Waals surface area contributed by atoms with Crippen molar-refractivity contribution in [3.05, 3.63) is 17.6 Å². The molecule has 88 valence electrons. The normalized spacial score (nSPS) is 15.9. The summed E-state index contributed by atoms with van der Waals surface area (Å²) in [6.45, 7) is 3.47. The fraction of sp³-hybridized carbons (Fsp3) is 0.636. The van der Waals surface area contributed by atoms with Gasteiger partial charge in [-0.2, -0.15) is 0 Å². The summed E-state index contributed by atoms with van der Waals surface area (Å²) in [6, 6.07) is 0. The molecular formula is C11H19N5. The Bertz CT molecular complexity index is 365. The molecule has 1 aromatic heterocycles. The number of hydrogen-bond donors (Lipinski definition) is 1. The molecule has 0 radical (unpaired) electrons. The first kappa shape index (κ1) is 11.3. The number of anilines is 1. The van der Waals surface area contributed by atoms with E-state index in [1.165, 1.54) is 5.56 Å². The van der Waals surface area contributed by atoms with E-state index in [1.54, 1.807) is 6.33 Å². The van der Waals surface area contributed by atoms with E-state index in [-0.39, 0.29) is 0 Å². The van der Waals surface area contributed by atoms with Crippen molar-refractivity contribution in [3.63, 3.8) is 0 Å². The van der Waals surface area contributed by atoms with Crippen LogP contribution in [0.25, 0.3) is 0 Å². The molecule has 0 aromatic carbocycles. The molecule has 2 N–H and O–H groups in total. The van der Waals surface area contributed by atoms with Gasteiger partial charge >= 0.3 is 0 Å². The molecule has 5 heteroatoms. The summed E-state index contributed by atoms with van der Waals surface area (Å²) in [5, 5.41) is 0. The quantitative estimate of drug-likeness (QED) is 0.770. The van der Waals surface area contributed by atoms with Gasteiger partial charge in [0, 0.05) is 38.8 Å². The second-order valence-electron chi connectivity index (χ2n) is 4.32. The largest absolute Gasteiger partial charge is 0.358 e. The molecule has 0 unspecified atom stereocenters. The zero-order valence-electron chi connectivity index (χ0n) is 9.98. The van der Waals surface area contributed by atoms with Crippen LogP contribution < -0.4 is 10.6 Å². The summed E-state index contributed by atoms with van der Waals surface area (Å²) in [5.74, 6) is 1.04. The molecule has 0 fully saturated rings. The average molecular weight is 221 g/mol. The SMILES string of the molecule is CN1CCc2c(ncnc2N(C)CCN)C1. The second kappa shape index (κ2) is 4.76. The molecule has 0 saturated heterocycles. The van der Waals surface area contributed by atoms with E-state index in [4.69, 9.17) is 5.73 Å². The average Bonchev–Trinajstić information content (AvgIpc) is 2.28. The van der Waals surface area contributed by atoms with Crippen molar-refractivity contribution in [2.45, 2.75) is 13.0 Å². The lowest BCUT2D eigenvalue weighted by molar-refractivity contribution is 0.307.